The number of methoxy groups -OCH3 is 1. The predicted molar refractivity (Wildman–Crippen MR) is 134 cm³/mol. The van der Waals surface area contributed by atoms with Crippen molar-refractivity contribution in [3.05, 3.63) is 64.2 Å². The van der Waals surface area contributed by atoms with E-state index in [1.54, 1.807) is 30.8 Å². The van der Waals surface area contributed by atoms with Gasteiger partial charge in [-0.2, -0.15) is 9.49 Å². The highest BCUT2D eigenvalue weighted by atomic mass is 19.2. The van der Waals surface area contributed by atoms with Gasteiger partial charge in [-0.05, 0) is 44.2 Å². The number of rotatable bonds is 4. The fourth-order valence-electron chi connectivity index (χ4n) is 4.49. The zero-order valence-electron chi connectivity index (χ0n) is 20.7. The molecule has 0 bridgehead atoms. The molecule has 0 atom stereocenters. The number of urea groups is 1. The van der Waals surface area contributed by atoms with Crippen molar-refractivity contribution in [1.82, 2.24) is 20.1 Å². The second-order valence-corrected chi connectivity index (χ2v) is 8.57. The van der Waals surface area contributed by atoms with Crippen molar-refractivity contribution in [2.24, 2.45) is 7.05 Å². The van der Waals surface area contributed by atoms with Gasteiger partial charge in [-0.1, -0.05) is 0 Å². The first-order valence-electron chi connectivity index (χ1n) is 11.3. The number of Topliss-reactive ketones (excluding diaryl/α,β-unsaturated/α-hetero) is 1. The molecule has 11 heteroatoms. The maximum Gasteiger partial charge on any atom is 0.318 e. The van der Waals surface area contributed by atoms with Crippen molar-refractivity contribution in [1.29, 1.82) is 0 Å². The number of fused-ring (bicyclic) bond motifs is 2. The summed E-state index contributed by atoms with van der Waals surface area (Å²) in [6.45, 7) is 3.65. The first kappa shape index (κ1) is 24.0. The van der Waals surface area contributed by atoms with Gasteiger partial charge in [0.25, 0.3) is 0 Å². The van der Waals surface area contributed by atoms with Gasteiger partial charge in [0, 0.05) is 42.0 Å². The fraction of sp³-hybridized carbons (Fsp3) is 0.192. The molecule has 9 nitrogen and oxygen atoms in total. The van der Waals surface area contributed by atoms with Crippen LogP contribution in [0.4, 0.5) is 19.3 Å². The summed E-state index contributed by atoms with van der Waals surface area (Å²) in [5.41, 5.74) is 3.57. The Kier molecular flexibility index (Phi) is 5.70. The molecule has 0 saturated heterocycles. The standard InChI is InChI=1S/C26H23F2N5O4/c1-11-20(12(2)33(4)32-11)23-14(15-9-18(36-5)21(27)22(28)24(15)31-23)10-19-25(34)16-8-13(30-26(35)29-3)6-7-17(16)37-19/h6-10,31H,1-5H3,(H2,29,30,35)/b19-10-. The number of hydrogen-bond acceptors (Lipinski definition) is 5. The number of hydrogen-bond donors (Lipinski definition) is 3. The molecule has 2 aromatic heterocycles. The minimum absolute atomic E-state index is 0.0165. The Morgan fingerprint density at radius 2 is 1.97 bits per heavy atom. The number of allylic oxidation sites excluding steroid dienone is 1. The lowest BCUT2D eigenvalue weighted by atomic mass is 10.0. The lowest BCUT2D eigenvalue weighted by molar-refractivity contribution is 0.101. The molecule has 190 valence electrons. The summed E-state index contributed by atoms with van der Waals surface area (Å²) >= 11 is 0. The van der Waals surface area contributed by atoms with Gasteiger partial charge in [-0.3, -0.25) is 9.48 Å². The van der Waals surface area contributed by atoms with Crippen LogP contribution in [0, 0.1) is 25.5 Å². The summed E-state index contributed by atoms with van der Waals surface area (Å²) in [5, 5.41) is 9.79. The minimum atomic E-state index is -1.13. The number of benzene rings is 2. The van der Waals surface area contributed by atoms with E-state index in [-0.39, 0.29) is 22.6 Å². The number of aromatic amines is 1. The molecule has 2 aromatic carbocycles. The average Bonchev–Trinajstić information content (AvgIpc) is 3.47. The highest BCUT2D eigenvalue weighted by molar-refractivity contribution is 6.16. The number of H-pyrrole nitrogens is 1. The molecular weight excluding hydrogens is 484 g/mol. The molecule has 37 heavy (non-hydrogen) atoms. The van der Waals surface area contributed by atoms with Gasteiger partial charge in [0.2, 0.25) is 11.6 Å². The molecule has 0 unspecified atom stereocenters. The highest BCUT2D eigenvalue weighted by Crippen LogP contribution is 2.41. The number of aromatic nitrogens is 3. The summed E-state index contributed by atoms with van der Waals surface area (Å²) in [4.78, 5) is 28.0. The lowest BCUT2D eigenvalue weighted by Crippen LogP contribution is -2.24. The van der Waals surface area contributed by atoms with E-state index in [1.165, 1.54) is 32.4 Å². The van der Waals surface area contributed by atoms with Crippen molar-refractivity contribution in [3.8, 4) is 22.8 Å². The van der Waals surface area contributed by atoms with E-state index in [2.05, 4.69) is 20.7 Å². The number of nitrogens with one attached hydrogen (secondary N) is 3. The first-order valence-corrected chi connectivity index (χ1v) is 11.3. The lowest BCUT2D eigenvalue weighted by Gasteiger charge is -2.05. The van der Waals surface area contributed by atoms with Crippen LogP contribution in [0.5, 0.6) is 11.5 Å². The number of aryl methyl sites for hydroxylation is 2. The van der Waals surface area contributed by atoms with Crippen LogP contribution in [0.2, 0.25) is 0 Å². The molecule has 4 aromatic rings. The average molecular weight is 507 g/mol. The van der Waals surface area contributed by atoms with E-state index < -0.39 is 23.4 Å². The van der Waals surface area contributed by atoms with E-state index in [0.29, 0.717) is 39.3 Å². The Hall–Kier alpha value is -4.67. The summed E-state index contributed by atoms with van der Waals surface area (Å²) in [6.07, 6.45) is 1.49. The second kappa shape index (κ2) is 8.77. The van der Waals surface area contributed by atoms with Crippen molar-refractivity contribution in [2.75, 3.05) is 19.5 Å². The van der Waals surface area contributed by atoms with Crippen molar-refractivity contribution >= 4 is 34.5 Å². The topological polar surface area (TPSA) is 110 Å². The number of carbonyl (C=O) groups excluding carboxylic acids is 2. The summed E-state index contributed by atoms with van der Waals surface area (Å²) in [6, 6.07) is 5.63. The van der Waals surface area contributed by atoms with Gasteiger partial charge in [0.05, 0.1) is 29.6 Å². The highest BCUT2D eigenvalue weighted by Gasteiger charge is 2.30. The first-order chi connectivity index (χ1) is 17.6. The van der Waals surface area contributed by atoms with E-state index >= 15 is 4.39 Å². The number of anilines is 1. The fourth-order valence-corrected chi connectivity index (χ4v) is 4.49. The largest absolute Gasteiger partial charge is 0.494 e. The van der Waals surface area contributed by atoms with Crippen molar-refractivity contribution in [3.63, 3.8) is 0 Å². The van der Waals surface area contributed by atoms with Crippen molar-refractivity contribution < 1.29 is 27.8 Å². The third-order valence-corrected chi connectivity index (χ3v) is 6.39. The zero-order chi connectivity index (χ0) is 26.6. The third kappa shape index (κ3) is 3.79. The minimum Gasteiger partial charge on any atom is -0.494 e. The Balaban J connectivity index is 1.70. The Morgan fingerprint density at radius 3 is 2.62 bits per heavy atom. The van der Waals surface area contributed by atoms with E-state index in [9.17, 15) is 14.0 Å². The van der Waals surface area contributed by atoms with Crippen LogP contribution >= 0.6 is 0 Å². The van der Waals surface area contributed by atoms with Gasteiger partial charge in [-0.25, -0.2) is 9.18 Å². The number of amides is 2. The molecule has 0 aliphatic carbocycles. The molecule has 3 heterocycles. The quantitative estimate of drug-likeness (QED) is 0.343. The van der Waals surface area contributed by atoms with Crippen LogP contribution in [0.1, 0.15) is 27.3 Å². The van der Waals surface area contributed by atoms with Gasteiger partial charge in [0.15, 0.2) is 17.3 Å². The SMILES string of the molecule is CNC(=O)Nc1ccc2c(c1)C(=O)/C(=C/c1c(-c3c(C)nn(C)c3C)[nH]c3c(F)c(F)c(OC)cc13)O2. The molecule has 1 aliphatic rings. The van der Waals surface area contributed by atoms with Crippen LogP contribution in [-0.2, 0) is 7.05 Å². The maximum absolute atomic E-state index is 15.1. The Bertz CT molecular complexity index is 1650. The van der Waals surface area contributed by atoms with Crippen LogP contribution in [0.3, 0.4) is 0 Å². The summed E-state index contributed by atoms with van der Waals surface area (Å²) in [5.74, 6) is -2.64. The smallest absolute Gasteiger partial charge is 0.318 e. The molecule has 1 aliphatic heterocycles. The monoisotopic (exact) mass is 507 g/mol. The molecule has 0 spiro atoms. The predicted octanol–water partition coefficient (Wildman–Crippen LogP) is 4.84. The molecule has 0 fully saturated rings. The van der Waals surface area contributed by atoms with Crippen molar-refractivity contribution in [2.45, 2.75) is 13.8 Å². The molecular formula is C26H23F2N5O4. The molecule has 2 amide bonds. The Morgan fingerprint density at radius 1 is 1.22 bits per heavy atom. The number of ketones is 1. The van der Waals surface area contributed by atoms with E-state index in [4.69, 9.17) is 9.47 Å². The molecule has 3 N–H and O–H groups in total. The van der Waals surface area contributed by atoms with Gasteiger partial charge >= 0.3 is 6.03 Å². The number of ether oxygens (including phenoxy) is 2. The van der Waals surface area contributed by atoms with Crippen LogP contribution < -0.4 is 20.1 Å². The third-order valence-electron chi connectivity index (χ3n) is 6.39. The van der Waals surface area contributed by atoms with E-state index in [0.717, 1.165) is 5.69 Å². The molecule has 0 saturated carbocycles. The number of nitrogens with zero attached hydrogens (tertiary/aromatic N) is 2. The van der Waals surface area contributed by atoms with E-state index in [1.807, 2.05) is 6.92 Å². The van der Waals surface area contributed by atoms with Gasteiger partial charge in [0.1, 0.15) is 5.75 Å². The molecule has 0 radical (unpaired) electrons. The molecule has 5 rings (SSSR count). The van der Waals surface area contributed by atoms with Crippen LogP contribution in [0.15, 0.2) is 30.0 Å². The van der Waals surface area contributed by atoms with Crippen LogP contribution in [-0.4, -0.2) is 40.7 Å². The summed E-state index contributed by atoms with van der Waals surface area (Å²) in [7, 11) is 4.50. The maximum atomic E-state index is 15.1. The second-order valence-electron chi connectivity index (χ2n) is 8.57. The Labute approximate surface area is 210 Å². The van der Waals surface area contributed by atoms with Gasteiger partial charge in [-0.15, -0.1) is 0 Å². The normalized spacial score (nSPS) is 13.7. The number of halogens is 2. The summed E-state index contributed by atoms with van der Waals surface area (Å²) < 4.78 is 42.2. The number of carbonyl (C=O) groups is 2. The van der Waals surface area contributed by atoms with Crippen LogP contribution in [0.25, 0.3) is 28.2 Å². The zero-order valence-corrected chi connectivity index (χ0v) is 20.7. The van der Waals surface area contributed by atoms with Gasteiger partial charge < -0.3 is 25.1 Å².